The third-order valence-corrected chi connectivity index (χ3v) is 5.15. The van der Waals surface area contributed by atoms with Crippen LogP contribution in [0.15, 0.2) is 42.5 Å². The van der Waals surface area contributed by atoms with E-state index in [1.807, 2.05) is 32.0 Å². The lowest BCUT2D eigenvalue weighted by Crippen LogP contribution is -3.10. The Balaban J connectivity index is 1.69. The highest BCUT2D eigenvalue weighted by Gasteiger charge is 2.28. The Morgan fingerprint density at radius 3 is 2.58 bits per heavy atom. The minimum absolute atomic E-state index is 0.0907. The van der Waals surface area contributed by atoms with Crippen molar-refractivity contribution in [2.45, 2.75) is 39.2 Å². The number of amides is 1. The fourth-order valence-electron chi connectivity index (χ4n) is 3.84. The molecule has 126 valence electrons. The smallest absolute Gasteiger partial charge is 0.279 e. The van der Waals surface area contributed by atoms with E-state index in [1.54, 1.807) is 0 Å². The molecule has 1 amide bonds. The molecule has 1 unspecified atom stereocenters. The number of aryl methyl sites for hydroxylation is 3. The van der Waals surface area contributed by atoms with E-state index in [0.717, 1.165) is 29.7 Å². The maximum absolute atomic E-state index is 12.6. The van der Waals surface area contributed by atoms with Gasteiger partial charge in [0.15, 0.2) is 6.54 Å². The second-order valence-corrected chi connectivity index (χ2v) is 6.98. The van der Waals surface area contributed by atoms with Crippen molar-refractivity contribution in [1.29, 1.82) is 0 Å². The van der Waals surface area contributed by atoms with Crippen molar-refractivity contribution >= 4 is 11.6 Å². The molecule has 0 aromatic heterocycles. The summed E-state index contributed by atoms with van der Waals surface area (Å²) in [6.45, 7) is 4.57. The Hall–Kier alpha value is -2.13. The maximum atomic E-state index is 12.6. The summed E-state index contributed by atoms with van der Waals surface area (Å²) >= 11 is 0. The molecule has 2 N–H and O–H groups in total. The summed E-state index contributed by atoms with van der Waals surface area (Å²) < 4.78 is 0. The second-order valence-electron chi connectivity index (χ2n) is 6.98. The number of anilines is 1. The van der Waals surface area contributed by atoms with Gasteiger partial charge in [-0.25, -0.2) is 0 Å². The van der Waals surface area contributed by atoms with E-state index in [-0.39, 0.29) is 5.91 Å². The van der Waals surface area contributed by atoms with Gasteiger partial charge in [0.05, 0.1) is 7.05 Å². The van der Waals surface area contributed by atoms with Crippen LogP contribution in [0.5, 0.6) is 0 Å². The summed E-state index contributed by atoms with van der Waals surface area (Å²) in [6, 6.07) is 15.2. The van der Waals surface area contributed by atoms with Crippen LogP contribution in [0, 0.1) is 13.8 Å². The van der Waals surface area contributed by atoms with E-state index in [1.165, 1.54) is 22.4 Å². The molecule has 0 aliphatic heterocycles. The lowest BCUT2D eigenvalue weighted by atomic mass is 9.87. The van der Waals surface area contributed by atoms with E-state index < -0.39 is 0 Å². The normalized spacial score (nSPS) is 17.9. The monoisotopic (exact) mass is 323 g/mol. The molecule has 0 heterocycles. The van der Waals surface area contributed by atoms with Crippen LogP contribution >= 0.6 is 0 Å². The summed E-state index contributed by atoms with van der Waals surface area (Å²) in [4.78, 5) is 13.8. The summed E-state index contributed by atoms with van der Waals surface area (Å²) in [5, 5.41) is 3.11. The van der Waals surface area contributed by atoms with E-state index in [9.17, 15) is 4.79 Å². The van der Waals surface area contributed by atoms with Gasteiger partial charge in [0.25, 0.3) is 5.91 Å². The first-order chi connectivity index (χ1) is 11.6. The first-order valence-corrected chi connectivity index (χ1v) is 8.82. The van der Waals surface area contributed by atoms with E-state index in [4.69, 9.17) is 0 Å². The Kier molecular flexibility index (Phi) is 5.00. The van der Waals surface area contributed by atoms with E-state index in [0.29, 0.717) is 12.6 Å². The van der Waals surface area contributed by atoms with Crippen LogP contribution in [0.2, 0.25) is 0 Å². The lowest BCUT2D eigenvalue weighted by Gasteiger charge is -2.30. The third kappa shape index (κ3) is 3.51. The molecule has 2 aromatic rings. The number of quaternary nitrogens is 1. The molecule has 24 heavy (non-hydrogen) atoms. The summed E-state index contributed by atoms with van der Waals surface area (Å²) in [7, 11) is 2.14. The first kappa shape index (κ1) is 16.7. The minimum atomic E-state index is 0.0907. The molecular weight excluding hydrogens is 296 g/mol. The molecule has 3 rings (SSSR count). The average molecular weight is 323 g/mol. The molecule has 1 aliphatic rings. The predicted molar refractivity (Wildman–Crippen MR) is 98.4 cm³/mol. The number of para-hydroxylation sites is 1. The third-order valence-electron chi connectivity index (χ3n) is 5.15. The van der Waals surface area contributed by atoms with Gasteiger partial charge in [-0.1, -0.05) is 42.5 Å². The number of carbonyl (C=O) groups is 1. The van der Waals surface area contributed by atoms with Crippen molar-refractivity contribution in [2.75, 3.05) is 18.9 Å². The zero-order valence-corrected chi connectivity index (χ0v) is 14.9. The van der Waals surface area contributed by atoms with Gasteiger partial charge in [-0.05, 0) is 43.4 Å². The summed E-state index contributed by atoms with van der Waals surface area (Å²) in [5.74, 6) is 0.0907. The highest BCUT2D eigenvalue weighted by molar-refractivity contribution is 5.93. The number of likely N-dealkylation sites (N-methyl/N-ethyl adjacent to an activating group) is 1. The molecule has 0 saturated carbocycles. The van der Waals surface area contributed by atoms with Crippen LogP contribution in [0.1, 0.15) is 41.1 Å². The van der Waals surface area contributed by atoms with Crippen LogP contribution in [0.25, 0.3) is 0 Å². The van der Waals surface area contributed by atoms with Gasteiger partial charge in [0, 0.05) is 17.7 Å². The largest absolute Gasteiger partial charge is 0.323 e. The maximum Gasteiger partial charge on any atom is 0.279 e. The van der Waals surface area contributed by atoms with Crippen LogP contribution < -0.4 is 10.2 Å². The number of fused-ring (bicyclic) bond motifs is 1. The van der Waals surface area contributed by atoms with Crippen LogP contribution in [0.3, 0.4) is 0 Å². The van der Waals surface area contributed by atoms with Gasteiger partial charge in [-0.2, -0.15) is 0 Å². The Morgan fingerprint density at radius 1 is 1.12 bits per heavy atom. The van der Waals surface area contributed by atoms with Crippen LogP contribution in [-0.2, 0) is 11.2 Å². The molecule has 2 atom stereocenters. The van der Waals surface area contributed by atoms with Gasteiger partial charge in [0.2, 0.25) is 0 Å². The van der Waals surface area contributed by atoms with Gasteiger partial charge in [0.1, 0.15) is 6.04 Å². The van der Waals surface area contributed by atoms with Crippen molar-refractivity contribution in [3.63, 3.8) is 0 Å². The number of rotatable bonds is 4. The van der Waals surface area contributed by atoms with Crippen molar-refractivity contribution in [1.82, 2.24) is 0 Å². The van der Waals surface area contributed by atoms with Crippen molar-refractivity contribution in [2.24, 2.45) is 0 Å². The standard InChI is InChI=1S/C21H26N2O/c1-15-8-6-9-16(2)21(15)22-20(24)14-23(3)19-13-7-11-17-10-4-5-12-18(17)19/h4-6,8-10,12,19H,7,11,13-14H2,1-3H3,(H,22,24)/p+1/t19-/m1/s1. The summed E-state index contributed by atoms with van der Waals surface area (Å²) in [6.07, 6.45) is 3.52. The van der Waals surface area contributed by atoms with Gasteiger partial charge >= 0.3 is 0 Å². The van der Waals surface area contributed by atoms with Gasteiger partial charge in [-0.3, -0.25) is 4.79 Å². The molecule has 0 bridgehead atoms. The number of benzene rings is 2. The molecule has 3 heteroatoms. The first-order valence-electron chi connectivity index (χ1n) is 8.82. The molecule has 3 nitrogen and oxygen atoms in total. The Bertz CT molecular complexity index is 718. The lowest BCUT2D eigenvalue weighted by molar-refractivity contribution is -0.905. The fraction of sp³-hybridized carbons (Fsp3) is 0.381. The average Bonchev–Trinajstić information content (AvgIpc) is 2.57. The SMILES string of the molecule is Cc1cccc(C)c1NC(=O)C[NH+](C)[C@@H]1CCCc2ccccc21. The topological polar surface area (TPSA) is 33.5 Å². The number of hydrogen-bond acceptors (Lipinski definition) is 1. The number of hydrogen-bond donors (Lipinski definition) is 2. The van der Waals surface area contributed by atoms with Crippen LogP contribution in [0.4, 0.5) is 5.69 Å². The molecule has 0 radical (unpaired) electrons. The minimum Gasteiger partial charge on any atom is -0.323 e. The van der Waals surface area contributed by atoms with Gasteiger partial charge in [-0.15, -0.1) is 0 Å². The van der Waals surface area contributed by atoms with Crippen LogP contribution in [-0.4, -0.2) is 19.5 Å². The van der Waals surface area contributed by atoms with Crippen molar-refractivity contribution < 1.29 is 9.69 Å². The zero-order chi connectivity index (χ0) is 17.1. The number of nitrogens with one attached hydrogen (secondary N) is 2. The molecule has 0 saturated heterocycles. The predicted octanol–water partition coefficient (Wildman–Crippen LogP) is 2.83. The molecule has 0 fully saturated rings. The van der Waals surface area contributed by atoms with Crippen molar-refractivity contribution in [3.05, 3.63) is 64.7 Å². The van der Waals surface area contributed by atoms with E-state index in [2.05, 4.69) is 36.6 Å². The molecule has 0 spiro atoms. The van der Waals surface area contributed by atoms with Gasteiger partial charge < -0.3 is 10.2 Å². The second kappa shape index (κ2) is 7.18. The zero-order valence-electron chi connectivity index (χ0n) is 14.9. The van der Waals surface area contributed by atoms with Crippen molar-refractivity contribution in [3.8, 4) is 0 Å². The fourth-order valence-corrected chi connectivity index (χ4v) is 3.84. The quantitative estimate of drug-likeness (QED) is 0.891. The highest BCUT2D eigenvalue weighted by Crippen LogP contribution is 2.27. The molecule has 1 aliphatic carbocycles. The molecule has 2 aromatic carbocycles. The Morgan fingerprint density at radius 2 is 1.83 bits per heavy atom. The highest BCUT2D eigenvalue weighted by atomic mass is 16.2. The summed E-state index contributed by atoms with van der Waals surface area (Å²) in [5.41, 5.74) is 6.05. The number of carbonyl (C=O) groups excluding carboxylic acids is 1. The van der Waals surface area contributed by atoms with E-state index >= 15 is 0 Å². The molecular formula is C21H27N2O+. The Labute approximate surface area is 144 Å².